The summed E-state index contributed by atoms with van der Waals surface area (Å²) < 4.78 is 5.64. The number of imide groups is 1. The number of benzene rings is 1. The Morgan fingerprint density at radius 1 is 1.15 bits per heavy atom. The van der Waals surface area contributed by atoms with Gasteiger partial charge in [-0.05, 0) is 36.4 Å². The minimum absolute atomic E-state index is 0.216. The Morgan fingerprint density at radius 3 is 2.67 bits per heavy atom. The fourth-order valence-electron chi connectivity index (χ4n) is 2.25. The van der Waals surface area contributed by atoms with Crippen molar-refractivity contribution in [3.63, 3.8) is 0 Å². The van der Waals surface area contributed by atoms with Crippen LogP contribution in [0.5, 0.6) is 0 Å². The van der Waals surface area contributed by atoms with Crippen molar-refractivity contribution in [1.29, 1.82) is 0 Å². The molecule has 2 heterocycles. The van der Waals surface area contributed by atoms with Crippen molar-refractivity contribution in [3.05, 3.63) is 60.4 Å². The number of hydrogen-bond acceptors (Lipinski definition) is 7. The maximum atomic E-state index is 12.6. The van der Waals surface area contributed by atoms with Crippen LogP contribution in [0.4, 0.5) is 4.79 Å². The van der Waals surface area contributed by atoms with E-state index in [9.17, 15) is 9.59 Å². The Kier molecular flexibility index (Phi) is 6.16. The van der Waals surface area contributed by atoms with Crippen LogP contribution < -0.4 is 10.6 Å². The molecule has 0 spiro atoms. The molecule has 138 valence electrons. The highest BCUT2D eigenvalue weighted by atomic mass is 32.2. The van der Waals surface area contributed by atoms with E-state index in [1.807, 2.05) is 18.2 Å². The molecule has 1 atom stereocenters. The third kappa shape index (κ3) is 4.91. The summed E-state index contributed by atoms with van der Waals surface area (Å²) in [5, 5.41) is 12.3. The molecule has 27 heavy (non-hydrogen) atoms. The molecule has 9 heteroatoms. The molecule has 0 aliphatic rings. The van der Waals surface area contributed by atoms with Crippen molar-refractivity contribution in [2.24, 2.45) is 0 Å². The van der Waals surface area contributed by atoms with Crippen molar-refractivity contribution in [1.82, 2.24) is 25.8 Å². The van der Waals surface area contributed by atoms with Gasteiger partial charge in [-0.1, -0.05) is 30.3 Å². The molecule has 3 rings (SSSR count). The molecule has 3 amide bonds. The first kappa shape index (κ1) is 18.6. The van der Waals surface area contributed by atoms with Gasteiger partial charge >= 0.3 is 6.03 Å². The maximum absolute atomic E-state index is 12.6. The van der Waals surface area contributed by atoms with Crippen LogP contribution in [0.3, 0.4) is 0 Å². The fourth-order valence-corrected chi connectivity index (χ4v) is 3.12. The highest BCUT2D eigenvalue weighted by Gasteiger charge is 2.26. The van der Waals surface area contributed by atoms with E-state index in [0.29, 0.717) is 23.6 Å². The number of urea groups is 1. The molecule has 0 unspecified atom stereocenters. The molecule has 2 aromatic heterocycles. The van der Waals surface area contributed by atoms with Gasteiger partial charge in [-0.15, -0.1) is 10.2 Å². The van der Waals surface area contributed by atoms with Gasteiger partial charge in [-0.2, -0.15) is 0 Å². The Labute approximate surface area is 159 Å². The van der Waals surface area contributed by atoms with E-state index in [4.69, 9.17) is 4.42 Å². The maximum Gasteiger partial charge on any atom is 0.321 e. The van der Waals surface area contributed by atoms with Gasteiger partial charge in [0.1, 0.15) is 5.25 Å². The number of hydrogen-bond donors (Lipinski definition) is 2. The quantitative estimate of drug-likeness (QED) is 0.630. The summed E-state index contributed by atoms with van der Waals surface area (Å²) in [5.74, 6) is -0.167. The minimum Gasteiger partial charge on any atom is -0.411 e. The normalized spacial score (nSPS) is 11.6. The van der Waals surface area contributed by atoms with E-state index in [1.54, 1.807) is 43.6 Å². The molecule has 8 nitrogen and oxygen atoms in total. The van der Waals surface area contributed by atoms with Crippen molar-refractivity contribution in [2.45, 2.75) is 17.4 Å². The largest absolute Gasteiger partial charge is 0.411 e. The van der Waals surface area contributed by atoms with E-state index >= 15 is 0 Å². The van der Waals surface area contributed by atoms with Crippen molar-refractivity contribution >= 4 is 23.7 Å². The number of amides is 3. The first-order chi connectivity index (χ1) is 13.2. The Balaban J connectivity index is 1.81. The number of thioether (sulfide) groups is 1. The van der Waals surface area contributed by atoms with E-state index in [0.717, 1.165) is 11.8 Å². The summed E-state index contributed by atoms with van der Waals surface area (Å²) >= 11 is 1.07. The predicted octanol–water partition coefficient (Wildman–Crippen LogP) is 2.81. The zero-order valence-corrected chi connectivity index (χ0v) is 15.3. The lowest BCUT2D eigenvalue weighted by Crippen LogP contribution is -2.41. The summed E-state index contributed by atoms with van der Waals surface area (Å²) in [6.07, 6.45) is 3.26. The Bertz CT molecular complexity index is 902. The Hall–Kier alpha value is -3.20. The van der Waals surface area contributed by atoms with Gasteiger partial charge in [0.15, 0.2) is 0 Å². The van der Waals surface area contributed by atoms with Gasteiger partial charge in [0.2, 0.25) is 11.8 Å². The van der Waals surface area contributed by atoms with E-state index < -0.39 is 17.2 Å². The number of pyridine rings is 1. The monoisotopic (exact) mass is 383 g/mol. The lowest BCUT2D eigenvalue weighted by molar-refractivity contribution is -0.119. The number of carbonyl (C=O) groups is 2. The van der Waals surface area contributed by atoms with Crippen LogP contribution in [-0.2, 0) is 4.79 Å². The topological polar surface area (TPSA) is 110 Å². The molecule has 0 radical (unpaired) electrons. The standard InChI is InChI=1S/C18H17N5O3S/c1-2-20-17(25)21-15(24)14(12-7-4-3-5-8-12)27-18-23-22-16(26-18)13-9-6-10-19-11-13/h3-11,14H,2H2,1H3,(H2,20,21,24,25)/t14-/m0/s1. The van der Waals surface area contributed by atoms with Gasteiger partial charge < -0.3 is 9.73 Å². The summed E-state index contributed by atoms with van der Waals surface area (Å²) in [7, 11) is 0. The van der Waals surface area contributed by atoms with Gasteiger partial charge in [0.05, 0.1) is 5.56 Å². The molecule has 0 saturated carbocycles. The number of carbonyl (C=O) groups excluding carboxylic acids is 2. The van der Waals surface area contributed by atoms with Crippen molar-refractivity contribution < 1.29 is 14.0 Å². The van der Waals surface area contributed by atoms with Crippen LogP contribution >= 0.6 is 11.8 Å². The lowest BCUT2D eigenvalue weighted by Gasteiger charge is -2.14. The van der Waals surface area contributed by atoms with Crippen LogP contribution in [0.25, 0.3) is 11.5 Å². The molecular weight excluding hydrogens is 366 g/mol. The van der Waals surface area contributed by atoms with E-state index in [-0.39, 0.29) is 5.22 Å². The molecule has 0 fully saturated rings. The third-order valence-corrected chi connectivity index (χ3v) is 4.54. The zero-order valence-electron chi connectivity index (χ0n) is 14.5. The van der Waals surface area contributed by atoms with Crippen molar-refractivity contribution in [3.8, 4) is 11.5 Å². The van der Waals surface area contributed by atoms with E-state index in [2.05, 4.69) is 25.8 Å². The van der Waals surface area contributed by atoms with Crippen LogP contribution in [-0.4, -0.2) is 33.7 Å². The summed E-state index contributed by atoms with van der Waals surface area (Å²) in [5.41, 5.74) is 1.39. The molecule has 0 bridgehead atoms. The molecule has 3 aromatic rings. The first-order valence-corrected chi connectivity index (χ1v) is 9.09. The van der Waals surface area contributed by atoms with Gasteiger partial charge in [0.25, 0.3) is 5.22 Å². The van der Waals surface area contributed by atoms with Crippen molar-refractivity contribution in [2.75, 3.05) is 6.54 Å². The smallest absolute Gasteiger partial charge is 0.321 e. The SMILES string of the molecule is CCNC(=O)NC(=O)[C@@H](Sc1nnc(-c2cccnc2)o1)c1ccccc1. The number of aromatic nitrogens is 3. The molecule has 2 N–H and O–H groups in total. The number of nitrogens with zero attached hydrogens (tertiary/aromatic N) is 3. The van der Waals surface area contributed by atoms with Gasteiger partial charge in [0, 0.05) is 18.9 Å². The van der Waals surface area contributed by atoms with Gasteiger partial charge in [-0.25, -0.2) is 4.79 Å². The Morgan fingerprint density at radius 2 is 1.96 bits per heavy atom. The van der Waals surface area contributed by atoms with Crippen LogP contribution in [0, 0.1) is 0 Å². The van der Waals surface area contributed by atoms with Crippen LogP contribution in [0.15, 0.2) is 64.5 Å². The highest BCUT2D eigenvalue weighted by molar-refractivity contribution is 8.00. The molecular formula is C18H17N5O3S. The van der Waals surface area contributed by atoms with Crippen LogP contribution in [0.2, 0.25) is 0 Å². The first-order valence-electron chi connectivity index (χ1n) is 8.21. The molecule has 0 aliphatic heterocycles. The predicted molar refractivity (Wildman–Crippen MR) is 99.8 cm³/mol. The minimum atomic E-state index is -0.726. The summed E-state index contributed by atoms with van der Waals surface area (Å²) in [6.45, 7) is 2.19. The average Bonchev–Trinajstić information content (AvgIpc) is 3.16. The zero-order chi connectivity index (χ0) is 19.1. The summed E-state index contributed by atoms with van der Waals surface area (Å²) in [6, 6.07) is 12.1. The van der Waals surface area contributed by atoms with E-state index in [1.165, 1.54) is 0 Å². The average molecular weight is 383 g/mol. The number of nitrogens with one attached hydrogen (secondary N) is 2. The second-order valence-corrected chi connectivity index (χ2v) is 6.43. The molecule has 0 saturated heterocycles. The summed E-state index contributed by atoms with van der Waals surface area (Å²) in [4.78, 5) is 28.4. The van der Waals surface area contributed by atoms with Gasteiger partial charge in [-0.3, -0.25) is 15.1 Å². The van der Waals surface area contributed by atoms with Crippen LogP contribution in [0.1, 0.15) is 17.7 Å². The lowest BCUT2D eigenvalue weighted by atomic mass is 10.1. The fraction of sp³-hybridized carbons (Fsp3) is 0.167. The molecule has 0 aliphatic carbocycles. The number of rotatable bonds is 6. The molecule has 1 aromatic carbocycles. The third-order valence-electron chi connectivity index (χ3n) is 3.45. The highest BCUT2D eigenvalue weighted by Crippen LogP contribution is 2.35. The second kappa shape index (κ2) is 8.95. The second-order valence-electron chi connectivity index (χ2n) is 5.37.